The Kier molecular flexibility index (Phi) is 9.88. The van der Waals surface area contributed by atoms with E-state index in [4.69, 9.17) is 9.84 Å². The molecular formula is C13H26N2O4. The van der Waals surface area contributed by atoms with Crippen molar-refractivity contribution in [1.29, 1.82) is 0 Å². The molecule has 0 radical (unpaired) electrons. The Bertz CT molecular complexity index is 269. The number of carbonyl (C=O) groups excluding carboxylic acids is 1. The zero-order valence-electron chi connectivity index (χ0n) is 12.1. The molecule has 0 aromatic heterocycles. The highest BCUT2D eigenvalue weighted by atomic mass is 16.5. The highest BCUT2D eigenvalue weighted by molar-refractivity contribution is 5.74. The van der Waals surface area contributed by atoms with E-state index in [2.05, 4.69) is 10.6 Å². The molecule has 0 saturated heterocycles. The van der Waals surface area contributed by atoms with E-state index in [1.54, 1.807) is 7.11 Å². The molecule has 0 heterocycles. The van der Waals surface area contributed by atoms with Crippen molar-refractivity contribution >= 4 is 12.0 Å². The van der Waals surface area contributed by atoms with Gasteiger partial charge in [0.05, 0.1) is 12.6 Å². The smallest absolute Gasteiger partial charge is 0.315 e. The number of carboxylic acids is 1. The van der Waals surface area contributed by atoms with Crippen molar-refractivity contribution in [2.75, 3.05) is 20.3 Å². The predicted molar refractivity (Wildman–Crippen MR) is 73.1 cm³/mol. The number of amides is 2. The summed E-state index contributed by atoms with van der Waals surface area (Å²) in [4.78, 5) is 21.9. The fourth-order valence-corrected chi connectivity index (χ4v) is 1.58. The maximum absolute atomic E-state index is 11.6. The van der Waals surface area contributed by atoms with Gasteiger partial charge in [-0.2, -0.15) is 0 Å². The standard InChI is InChI=1S/C13H26N2O4/c1-10(2)11(9-19-3)15-13(18)14-8-6-4-5-7-12(16)17/h10-11H,4-9H2,1-3H3,(H,16,17)(H2,14,15,18). The summed E-state index contributed by atoms with van der Waals surface area (Å²) >= 11 is 0. The summed E-state index contributed by atoms with van der Waals surface area (Å²) in [5.74, 6) is -0.466. The molecule has 0 aliphatic rings. The van der Waals surface area contributed by atoms with Crippen LogP contribution in [0.15, 0.2) is 0 Å². The minimum absolute atomic E-state index is 0.00277. The Morgan fingerprint density at radius 3 is 2.42 bits per heavy atom. The first-order valence-corrected chi connectivity index (χ1v) is 6.72. The number of hydrogen-bond donors (Lipinski definition) is 3. The van der Waals surface area contributed by atoms with Crippen molar-refractivity contribution in [2.24, 2.45) is 5.92 Å². The lowest BCUT2D eigenvalue weighted by atomic mass is 10.1. The number of nitrogens with one attached hydrogen (secondary N) is 2. The van der Waals surface area contributed by atoms with Crippen LogP contribution in [-0.2, 0) is 9.53 Å². The van der Waals surface area contributed by atoms with Gasteiger partial charge in [0.15, 0.2) is 0 Å². The lowest BCUT2D eigenvalue weighted by Gasteiger charge is -2.21. The quantitative estimate of drug-likeness (QED) is 0.528. The summed E-state index contributed by atoms with van der Waals surface area (Å²) in [6.45, 7) is 5.10. The molecule has 3 N–H and O–H groups in total. The average molecular weight is 274 g/mol. The number of methoxy groups -OCH3 is 1. The van der Waals surface area contributed by atoms with Gasteiger partial charge in [0, 0.05) is 20.1 Å². The molecule has 0 fully saturated rings. The largest absolute Gasteiger partial charge is 0.481 e. The second-order valence-electron chi connectivity index (χ2n) is 4.91. The third kappa shape index (κ3) is 10.3. The Morgan fingerprint density at radius 1 is 1.21 bits per heavy atom. The molecular weight excluding hydrogens is 248 g/mol. The molecule has 19 heavy (non-hydrogen) atoms. The molecule has 0 aromatic rings. The second kappa shape index (κ2) is 10.6. The molecule has 6 nitrogen and oxygen atoms in total. The number of carboxylic acid groups (broad SMARTS) is 1. The summed E-state index contributed by atoms with van der Waals surface area (Å²) in [6, 6.07) is -0.203. The highest BCUT2D eigenvalue weighted by Gasteiger charge is 2.15. The monoisotopic (exact) mass is 274 g/mol. The molecule has 0 spiro atoms. The molecule has 0 saturated carbocycles. The van der Waals surface area contributed by atoms with Crippen LogP contribution in [0.25, 0.3) is 0 Å². The van der Waals surface area contributed by atoms with E-state index in [9.17, 15) is 9.59 Å². The molecule has 1 unspecified atom stereocenters. The van der Waals surface area contributed by atoms with Crippen molar-refractivity contribution < 1.29 is 19.4 Å². The van der Waals surface area contributed by atoms with Crippen LogP contribution in [0.5, 0.6) is 0 Å². The van der Waals surface area contributed by atoms with E-state index >= 15 is 0 Å². The first kappa shape index (κ1) is 17.7. The number of urea groups is 1. The number of rotatable bonds is 10. The Hall–Kier alpha value is -1.30. The van der Waals surface area contributed by atoms with E-state index in [0.717, 1.165) is 12.8 Å². The van der Waals surface area contributed by atoms with Gasteiger partial charge in [-0.15, -0.1) is 0 Å². The van der Waals surface area contributed by atoms with Gasteiger partial charge in [-0.25, -0.2) is 4.79 Å². The van der Waals surface area contributed by atoms with E-state index in [1.807, 2.05) is 13.8 Å². The van der Waals surface area contributed by atoms with Crippen LogP contribution in [0.1, 0.15) is 39.5 Å². The third-order valence-corrected chi connectivity index (χ3v) is 2.82. The number of hydrogen-bond acceptors (Lipinski definition) is 3. The fraction of sp³-hybridized carbons (Fsp3) is 0.846. The van der Waals surface area contributed by atoms with Crippen LogP contribution < -0.4 is 10.6 Å². The van der Waals surface area contributed by atoms with Gasteiger partial charge < -0.3 is 20.5 Å². The molecule has 0 aliphatic heterocycles. The predicted octanol–water partition coefficient (Wildman–Crippen LogP) is 1.60. The Morgan fingerprint density at radius 2 is 1.89 bits per heavy atom. The van der Waals surface area contributed by atoms with Crippen molar-refractivity contribution in [1.82, 2.24) is 10.6 Å². The highest BCUT2D eigenvalue weighted by Crippen LogP contribution is 2.02. The summed E-state index contributed by atoms with van der Waals surface area (Å²) in [5.41, 5.74) is 0. The van der Waals surface area contributed by atoms with Gasteiger partial charge in [-0.05, 0) is 18.8 Å². The van der Waals surface area contributed by atoms with Gasteiger partial charge in [-0.1, -0.05) is 20.3 Å². The zero-order valence-corrected chi connectivity index (χ0v) is 12.1. The maximum atomic E-state index is 11.6. The summed E-state index contributed by atoms with van der Waals surface area (Å²) < 4.78 is 5.05. The SMILES string of the molecule is COCC(NC(=O)NCCCCCC(=O)O)C(C)C. The van der Waals surface area contributed by atoms with Gasteiger partial charge >= 0.3 is 12.0 Å². The lowest BCUT2D eigenvalue weighted by Crippen LogP contribution is -2.46. The van der Waals surface area contributed by atoms with Crippen LogP contribution in [-0.4, -0.2) is 43.4 Å². The first-order valence-electron chi connectivity index (χ1n) is 6.72. The minimum Gasteiger partial charge on any atom is -0.481 e. The second-order valence-corrected chi connectivity index (χ2v) is 4.91. The van der Waals surface area contributed by atoms with Crippen molar-refractivity contribution in [3.05, 3.63) is 0 Å². The van der Waals surface area contributed by atoms with Crippen molar-refractivity contribution in [2.45, 2.75) is 45.6 Å². The zero-order chi connectivity index (χ0) is 14.7. The van der Waals surface area contributed by atoms with Crippen molar-refractivity contribution in [3.63, 3.8) is 0 Å². The van der Waals surface area contributed by atoms with E-state index in [1.165, 1.54) is 0 Å². The fourth-order valence-electron chi connectivity index (χ4n) is 1.58. The topological polar surface area (TPSA) is 87.7 Å². The van der Waals surface area contributed by atoms with Crippen LogP contribution in [0, 0.1) is 5.92 Å². The Balaban J connectivity index is 3.65. The first-order chi connectivity index (χ1) is 8.97. The minimum atomic E-state index is -0.773. The van der Waals surface area contributed by atoms with Crippen LogP contribution in [0.4, 0.5) is 4.79 Å². The van der Waals surface area contributed by atoms with Crippen LogP contribution in [0.3, 0.4) is 0 Å². The van der Waals surface area contributed by atoms with Gasteiger partial charge in [-0.3, -0.25) is 4.79 Å². The molecule has 0 aliphatic carbocycles. The third-order valence-electron chi connectivity index (χ3n) is 2.82. The van der Waals surface area contributed by atoms with Gasteiger partial charge in [0.1, 0.15) is 0 Å². The summed E-state index contributed by atoms with van der Waals surface area (Å²) in [6.07, 6.45) is 2.43. The number of aliphatic carboxylic acids is 1. The molecule has 0 aromatic carbocycles. The molecule has 2 amide bonds. The Labute approximate surface area is 114 Å². The number of carbonyl (C=O) groups is 2. The van der Waals surface area contributed by atoms with E-state index in [0.29, 0.717) is 25.5 Å². The maximum Gasteiger partial charge on any atom is 0.315 e. The molecule has 0 rings (SSSR count). The average Bonchev–Trinajstić information content (AvgIpc) is 2.32. The summed E-state index contributed by atoms with van der Waals surface area (Å²) in [7, 11) is 1.61. The number of ether oxygens (including phenoxy) is 1. The molecule has 1 atom stereocenters. The molecule has 0 bridgehead atoms. The van der Waals surface area contributed by atoms with Crippen LogP contribution >= 0.6 is 0 Å². The molecule has 112 valence electrons. The normalized spacial score (nSPS) is 12.2. The lowest BCUT2D eigenvalue weighted by molar-refractivity contribution is -0.137. The molecule has 6 heteroatoms. The van der Waals surface area contributed by atoms with E-state index < -0.39 is 5.97 Å². The number of unbranched alkanes of at least 4 members (excludes halogenated alkanes) is 2. The van der Waals surface area contributed by atoms with Gasteiger partial charge in [0.2, 0.25) is 0 Å². The van der Waals surface area contributed by atoms with Gasteiger partial charge in [0.25, 0.3) is 0 Å². The van der Waals surface area contributed by atoms with E-state index in [-0.39, 0.29) is 18.5 Å². The van der Waals surface area contributed by atoms with Crippen molar-refractivity contribution in [3.8, 4) is 0 Å². The summed E-state index contributed by atoms with van der Waals surface area (Å²) in [5, 5.41) is 14.1. The van der Waals surface area contributed by atoms with Crippen LogP contribution in [0.2, 0.25) is 0 Å².